The fourth-order valence-electron chi connectivity index (χ4n) is 7.86. The van der Waals surface area contributed by atoms with Crippen LogP contribution >= 0.6 is 0 Å². The molecule has 76 heavy (non-hydrogen) atoms. The molecule has 0 atom stereocenters. The van der Waals surface area contributed by atoms with Crippen molar-refractivity contribution >= 4 is 23.9 Å². The van der Waals surface area contributed by atoms with Gasteiger partial charge in [0.1, 0.15) is 46.1 Å². The number of hydrogen-bond acceptors (Lipinski definition) is 12. The van der Waals surface area contributed by atoms with Gasteiger partial charge in [-0.05, 0) is 165 Å². The van der Waals surface area contributed by atoms with Crippen LogP contribution in [0.3, 0.4) is 0 Å². The summed E-state index contributed by atoms with van der Waals surface area (Å²) in [6.45, 7) is 3.81. The summed E-state index contributed by atoms with van der Waals surface area (Å²) < 4.78 is 54.2. The molecule has 0 radical (unpaired) electrons. The number of hydrogen-bond donors (Lipinski definition) is 0. The van der Waals surface area contributed by atoms with E-state index in [0.717, 1.165) is 61.8 Å². The van der Waals surface area contributed by atoms with E-state index in [0.29, 0.717) is 42.4 Å². The number of esters is 4. The second-order valence-electron chi connectivity index (χ2n) is 17.9. The van der Waals surface area contributed by atoms with E-state index in [4.69, 9.17) is 38.4 Å². The first-order valence-electron chi connectivity index (χ1n) is 25.7. The third kappa shape index (κ3) is 17.4. The number of nitriles is 1. The number of rotatable bonds is 28. The molecule has 0 aliphatic heterocycles. The molecule has 0 aromatic heterocycles. The van der Waals surface area contributed by atoms with Crippen molar-refractivity contribution in [2.75, 3.05) is 19.8 Å². The Balaban J connectivity index is 0.766. The van der Waals surface area contributed by atoms with Crippen molar-refractivity contribution < 1.29 is 56.7 Å². The molecule has 12 nitrogen and oxygen atoms in total. The van der Waals surface area contributed by atoms with Gasteiger partial charge in [-0.25, -0.2) is 23.6 Å². The molecule has 0 heterocycles. The standard InChI is InChI=1S/C63H60FNO11/c1-2-3-4-5-6-7-8-11-41-72-55-37-38-58(59(64)43-55)63(69)74-54-35-27-50(28-36-54)62(68)76-57-16-14-15-56(42-57)75-61(67)49-25-33-53(34-26-49)73-60(66)48-23-31-52(32-24-48)71-40-13-10-9-12-39-70-51-29-21-47(22-30-51)46-19-17-45(44-65)18-20-46/h14-38,42-43H,2-13,39-41H2,1H3. The van der Waals surface area contributed by atoms with Crippen LogP contribution in [0.4, 0.5) is 4.39 Å². The van der Waals surface area contributed by atoms with Crippen LogP contribution in [-0.4, -0.2) is 43.7 Å². The maximum atomic E-state index is 14.9. The van der Waals surface area contributed by atoms with Gasteiger partial charge in [-0.3, -0.25) is 0 Å². The molecule has 390 valence electrons. The average molecular weight is 1030 g/mol. The minimum atomic E-state index is -0.905. The monoisotopic (exact) mass is 1030 g/mol. The zero-order valence-corrected chi connectivity index (χ0v) is 42.5. The Bertz CT molecular complexity index is 3020. The number of carbonyl (C=O) groups excluding carboxylic acids is 4. The lowest BCUT2D eigenvalue weighted by Gasteiger charge is -2.10. The minimum Gasteiger partial charge on any atom is -0.494 e. The van der Waals surface area contributed by atoms with E-state index in [1.54, 1.807) is 30.3 Å². The van der Waals surface area contributed by atoms with Crippen LogP contribution in [0.25, 0.3) is 11.1 Å². The Morgan fingerprint density at radius 3 is 1.21 bits per heavy atom. The predicted molar refractivity (Wildman–Crippen MR) is 286 cm³/mol. The Morgan fingerprint density at radius 2 is 0.763 bits per heavy atom. The molecule has 0 amide bonds. The van der Waals surface area contributed by atoms with Crippen LogP contribution in [0.15, 0.2) is 164 Å². The van der Waals surface area contributed by atoms with Crippen LogP contribution in [0.5, 0.6) is 40.2 Å². The Kier molecular flexibility index (Phi) is 21.1. The molecule has 13 heteroatoms. The molecule has 0 spiro atoms. The molecule has 0 fully saturated rings. The van der Waals surface area contributed by atoms with Gasteiger partial charge in [-0.1, -0.05) is 82.2 Å². The Morgan fingerprint density at radius 1 is 0.395 bits per heavy atom. The third-order valence-electron chi connectivity index (χ3n) is 12.1. The molecular weight excluding hydrogens is 966 g/mol. The average Bonchev–Trinajstić information content (AvgIpc) is 3.44. The molecule has 0 unspecified atom stereocenters. The van der Waals surface area contributed by atoms with E-state index >= 15 is 0 Å². The normalized spacial score (nSPS) is 10.7. The number of ether oxygens (including phenoxy) is 7. The van der Waals surface area contributed by atoms with Gasteiger partial charge in [-0.2, -0.15) is 5.26 Å². The van der Waals surface area contributed by atoms with Crippen molar-refractivity contribution in [1.82, 2.24) is 0 Å². The van der Waals surface area contributed by atoms with Crippen molar-refractivity contribution in [3.63, 3.8) is 0 Å². The lowest BCUT2D eigenvalue weighted by Crippen LogP contribution is -2.12. The van der Waals surface area contributed by atoms with E-state index in [1.807, 2.05) is 48.5 Å². The van der Waals surface area contributed by atoms with Crippen LogP contribution in [0.1, 0.15) is 131 Å². The van der Waals surface area contributed by atoms with Crippen molar-refractivity contribution in [2.24, 2.45) is 0 Å². The van der Waals surface area contributed by atoms with E-state index in [-0.39, 0.29) is 39.7 Å². The van der Waals surface area contributed by atoms with Gasteiger partial charge in [-0.15, -0.1) is 0 Å². The number of nitrogens with zero attached hydrogens (tertiary/aromatic N) is 1. The molecule has 0 bridgehead atoms. The summed E-state index contributed by atoms with van der Waals surface area (Å²) in [5.74, 6) is -1.38. The molecule has 0 aliphatic rings. The summed E-state index contributed by atoms with van der Waals surface area (Å²) in [7, 11) is 0. The third-order valence-corrected chi connectivity index (χ3v) is 12.1. The van der Waals surface area contributed by atoms with Gasteiger partial charge in [0, 0.05) is 12.1 Å². The van der Waals surface area contributed by atoms with E-state index < -0.39 is 29.7 Å². The molecule has 0 aliphatic carbocycles. The SMILES string of the molecule is CCCCCCCCCCOc1ccc(C(=O)Oc2ccc(C(=O)Oc3cccc(OC(=O)c4ccc(OC(=O)c5ccc(OCCCCCCOc6ccc(-c7ccc(C#N)cc7)cc6)cc5)cc4)c3)cc2)c(F)c1. The number of carbonyl (C=O) groups is 4. The molecule has 0 saturated carbocycles. The van der Waals surface area contributed by atoms with Gasteiger partial charge in [0.15, 0.2) is 0 Å². The topological polar surface area (TPSA) is 157 Å². The predicted octanol–water partition coefficient (Wildman–Crippen LogP) is 14.8. The maximum Gasteiger partial charge on any atom is 0.346 e. The Labute approximate surface area is 442 Å². The number of halogens is 1. The molecule has 0 saturated heterocycles. The second kappa shape index (κ2) is 29.2. The fourth-order valence-corrected chi connectivity index (χ4v) is 7.86. The van der Waals surface area contributed by atoms with Crippen LogP contribution in [0.2, 0.25) is 0 Å². The van der Waals surface area contributed by atoms with E-state index in [9.17, 15) is 23.6 Å². The maximum absolute atomic E-state index is 14.9. The highest BCUT2D eigenvalue weighted by molar-refractivity contribution is 5.94. The molecular formula is C63H60FNO11. The largest absolute Gasteiger partial charge is 0.494 e. The zero-order valence-electron chi connectivity index (χ0n) is 42.5. The molecule has 7 rings (SSSR count). The summed E-state index contributed by atoms with van der Waals surface area (Å²) in [5, 5.41) is 9.01. The molecule has 7 aromatic rings. The molecule has 7 aromatic carbocycles. The first-order chi connectivity index (χ1) is 37.1. The van der Waals surface area contributed by atoms with Crippen molar-refractivity contribution in [3.8, 4) is 57.4 Å². The smallest absolute Gasteiger partial charge is 0.346 e. The summed E-state index contributed by atoms with van der Waals surface area (Å²) in [4.78, 5) is 51.7. The first kappa shape index (κ1) is 55.0. The van der Waals surface area contributed by atoms with Crippen LogP contribution in [0, 0.1) is 17.1 Å². The fraction of sp³-hybridized carbons (Fsp3) is 0.254. The first-order valence-corrected chi connectivity index (χ1v) is 25.7. The summed E-state index contributed by atoms with van der Waals surface area (Å²) in [6, 6.07) is 45.6. The summed E-state index contributed by atoms with van der Waals surface area (Å²) in [5.41, 5.74) is 3.12. The van der Waals surface area contributed by atoms with E-state index in [1.165, 1.54) is 117 Å². The van der Waals surface area contributed by atoms with Crippen molar-refractivity contribution in [3.05, 3.63) is 197 Å². The van der Waals surface area contributed by atoms with Gasteiger partial charge in [0.25, 0.3) is 0 Å². The minimum absolute atomic E-state index is 0.0898. The number of unbranched alkanes of at least 4 members (excludes halogenated alkanes) is 10. The highest BCUT2D eigenvalue weighted by Crippen LogP contribution is 2.26. The van der Waals surface area contributed by atoms with Crippen molar-refractivity contribution in [1.29, 1.82) is 5.26 Å². The van der Waals surface area contributed by atoms with Gasteiger partial charge in [0.05, 0.1) is 53.7 Å². The second-order valence-corrected chi connectivity index (χ2v) is 17.9. The lowest BCUT2D eigenvalue weighted by molar-refractivity contribution is 0.0719. The van der Waals surface area contributed by atoms with Gasteiger partial charge >= 0.3 is 23.9 Å². The van der Waals surface area contributed by atoms with Crippen LogP contribution in [-0.2, 0) is 0 Å². The number of benzene rings is 7. The quantitative estimate of drug-likeness (QED) is 0.0260. The lowest BCUT2D eigenvalue weighted by atomic mass is 10.0. The van der Waals surface area contributed by atoms with Crippen molar-refractivity contribution in [2.45, 2.75) is 84.0 Å². The van der Waals surface area contributed by atoms with Crippen LogP contribution < -0.4 is 33.2 Å². The highest BCUT2D eigenvalue weighted by atomic mass is 19.1. The Hall–Kier alpha value is -8.76. The summed E-state index contributed by atoms with van der Waals surface area (Å²) in [6.07, 6.45) is 13.0. The zero-order chi connectivity index (χ0) is 53.3. The van der Waals surface area contributed by atoms with Gasteiger partial charge < -0.3 is 33.2 Å². The highest BCUT2D eigenvalue weighted by Gasteiger charge is 2.18. The molecule has 0 N–H and O–H groups in total. The van der Waals surface area contributed by atoms with Gasteiger partial charge in [0.2, 0.25) is 0 Å². The summed E-state index contributed by atoms with van der Waals surface area (Å²) >= 11 is 0. The van der Waals surface area contributed by atoms with E-state index in [2.05, 4.69) is 13.0 Å².